The molecule has 96 valence electrons. The SMILES string of the molecule is CCC1=[N+]([O-])c2cc3c(cc2[NH+]1[O-])CC(CO)C3. The van der Waals surface area contributed by atoms with E-state index in [9.17, 15) is 15.5 Å². The van der Waals surface area contributed by atoms with Gasteiger partial charge in [-0.05, 0) is 36.8 Å². The van der Waals surface area contributed by atoms with E-state index in [1.54, 1.807) is 0 Å². The molecule has 5 heteroatoms. The smallest absolute Gasteiger partial charge is 0.358 e. The van der Waals surface area contributed by atoms with Crippen LogP contribution >= 0.6 is 0 Å². The molecule has 0 saturated carbocycles. The summed E-state index contributed by atoms with van der Waals surface area (Å²) in [5.74, 6) is 0.555. The van der Waals surface area contributed by atoms with E-state index in [-0.39, 0.29) is 17.6 Å². The van der Waals surface area contributed by atoms with Gasteiger partial charge in [-0.25, -0.2) is 5.06 Å². The van der Waals surface area contributed by atoms with Crippen molar-refractivity contribution in [1.82, 2.24) is 0 Å². The average Bonchev–Trinajstić information content (AvgIpc) is 2.88. The van der Waals surface area contributed by atoms with Gasteiger partial charge in [-0.2, -0.15) is 0 Å². The van der Waals surface area contributed by atoms with Crippen LogP contribution < -0.4 is 5.06 Å². The first-order chi connectivity index (χ1) is 8.65. The number of nitrogens with zero attached hydrogens (tertiary/aromatic N) is 1. The van der Waals surface area contributed by atoms with Crippen LogP contribution in [0.3, 0.4) is 0 Å². The second kappa shape index (κ2) is 4.05. The summed E-state index contributed by atoms with van der Waals surface area (Å²) in [5.41, 5.74) is 3.21. The number of hydrogen-bond donors (Lipinski definition) is 2. The first-order valence-electron chi connectivity index (χ1n) is 6.30. The van der Waals surface area contributed by atoms with E-state index in [0.29, 0.717) is 23.6 Å². The number of hydrogen-bond acceptors (Lipinski definition) is 3. The Morgan fingerprint density at radius 3 is 2.67 bits per heavy atom. The molecule has 5 nitrogen and oxygen atoms in total. The first kappa shape index (κ1) is 11.6. The molecule has 1 aromatic carbocycles. The Morgan fingerprint density at radius 2 is 2.06 bits per heavy atom. The van der Waals surface area contributed by atoms with Crippen LogP contribution in [-0.4, -0.2) is 22.3 Å². The van der Waals surface area contributed by atoms with Crippen LogP contribution in [0.4, 0.5) is 11.4 Å². The zero-order chi connectivity index (χ0) is 12.9. The Bertz CT molecular complexity index is 539. The average molecular weight is 248 g/mol. The molecule has 0 saturated heterocycles. The molecular weight excluding hydrogens is 232 g/mol. The van der Waals surface area contributed by atoms with E-state index in [2.05, 4.69) is 0 Å². The van der Waals surface area contributed by atoms with Crippen molar-refractivity contribution >= 4 is 17.2 Å². The predicted molar refractivity (Wildman–Crippen MR) is 67.0 cm³/mol. The van der Waals surface area contributed by atoms with Gasteiger partial charge < -0.3 is 15.5 Å². The number of quaternary nitrogens is 1. The normalized spacial score (nSPS) is 25.5. The predicted octanol–water partition coefficient (Wildman–Crippen LogP) is 0.372. The van der Waals surface area contributed by atoms with E-state index < -0.39 is 0 Å². The highest BCUT2D eigenvalue weighted by Crippen LogP contribution is 2.35. The Labute approximate surface area is 105 Å². The Balaban J connectivity index is 2.06. The van der Waals surface area contributed by atoms with Crippen LogP contribution in [0.15, 0.2) is 12.1 Å². The van der Waals surface area contributed by atoms with Gasteiger partial charge in [0.05, 0.1) is 6.42 Å². The largest absolute Gasteiger partial charge is 0.619 e. The number of aliphatic hydroxyl groups excluding tert-OH is 1. The molecule has 0 radical (unpaired) electrons. The zero-order valence-electron chi connectivity index (χ0n) is 10.3. The molecule has 0 aromatic heterocycles. The molecule has 2 unspecified atom stereocenters. The minimum Gasteiger partial charge on any atom is -0.619 e. The summed E-state index contributed by atoms with van der Waals surface area (Å²) in [6.07, 6.45) is 2.05. The minimum absolute atomic E-state index is 0.141. The standard InChI is InChI=1S/C13H16N2O3/c1-2-13-14(17)11-5-9-3-8(7-16)4-10(9)6-12(11)15(13)18/h5-6,8,14,16H,2-4,7H2,1H3. The van der Waals surface area contributed by atoms with Crippen LogP contribution in [0.2, 0.25) is 0 Å². The van der Waals surface area contributed by atoms with Crippen LogP contribution in [0.5, 0.6) is 0 Å². The molecule has 2 aliphatic rings. The van der Waals surface area contributed by atoms with Crippen molar-refractivity contribution in [2.24, 2.45) is 5.92 Å². The molecule has 1 aromatic rings. The third-order valence-corrected chi connectivity index (χ3v) is 3.90. The first-order valence-corrected chi connectivity index (χ1v) is 6.30. The number of rotatable bonds is 2. The van der Waals surface area contributed by atoms with Crippen molar-refractivity contribution in [2.45, 2.75) is 26.2 Å². The Hall–Kier alpha value is -1.43. The Kier molecular flexibility index (Phi) is 2.62. The fraction of sp³-hybridized carbons (Fsp3) is 0.462. The maximum atomic E-state index is 12.1. The fourth-order valence-corrected chi connectivity index (χ4v) is 2.93. The molecule has 2 N–H and O–H groups in total. The van der Waals surface area contributed by atoms with Crippen molar-refractivity contribution in [3.05, 3.63) is 33.7 Å². The number of fused-ring (bicyclic) bond motifs is 2. The third kappa shape index (κ3) is 1.48. The summed E-state index contributed by atoms with van der Waals surface area (Å²) in [5, 5.41) is 33.1. The summed E-state index contributed by atoms with van der Waals surface area (Å²) < 4.78 is 0.768. The quantitative estimate of drug-likeness (QED) is 0.586. The second-order valence-corrected chi connectivity index (χ2v) is 5.02. The van der Waals surface area contributed by atoms with E-state index in [0.717, 1.165) is 28.7 Å². The topological polar surface area (TPSA) is 73.8 Å². The van der Waals surface area contributed by atoms with E-state index in [1.165, 1.54) is 0 Å². The van der Waals surface area contributed by atoms with Gasteiger partial charge in [0.1, 0.15) is 0 Å². The molecular formula is C13H16N2O3. The second-order valence-electron chi connectivity index (χ2n) is 5.02. The highest BCUT2D eigenvalue weighted by Gasteiger charge is 2.36. The van der Waals surface area contributed by atoms with Crippen molar-refractivity contribution in [1.29, 1.82) is 0 Å². The summed E-state index contributed by atoms with van der Waals surface area (Å²) in [7, 11) is 0. The number of benzene rings is 1. The Morgan fingerprint density at radius 1 is 1.39 bits per heavy atom. The molecule has 3 rings (SSSR count). The molecule has 0 spiro atoms. The van der Waals surface area contributed by atoms with Crippen LogP contribution in [0.25, 0.3) is 0 Å². The van der Waals surface area contributed by atoms with Gasteiger partial charge >= 0.3 is 5.84 Å². The van der Waals surface area contributed by atoms with E-state index in [1.807, 2.05) is 19.1 Å². The van der Waals surface area contributed by atoms with Gasteiger partial charge in [0, 0.05) is 18.7 Å². The molecule has 0 bridgehead atoms. The lowest BCUT2D eigenvalue weighted by Gasteiger charge is -2.12. The van der Waals surface area contributed by atoms with Crippen molar-refractivity contribution in [3.8, 4) is 0 Å². The van der Waals surface area contributed by atoms with Crippen molar-refractivity contribution in [2.75, 3.05) is 6.61 Å². The minimum atomic E-state index is -0.141. The maximum Gasteiger partial charge on any atom is 0.358 e. The van der Waals surface area contributed by atoms with Gasteiger partial charge in [-0.1, -0.05) is 0 Å². The van der Waals surface area contributed by atoms with Crippen molar-refractivity contribution in [3.63, 3.8) is 0 Å². The summed E-state index contributed by atoms with van der Waals surface area (Å²) in [6.45, 7) is 1.97. The summed E-state index contributed by atoms with van der Waals surface area (Å²) in [4.78, 5) is 0. The monoisotopic (exact) mass is 248 g/mol. The highest BCUT2D eigenvalue weighted by atomic mass is 16.5. The maximum absolute atomic E-state index is 12.1. The zero-order valence-corrected chi connectivity index (χ0v) is 10.3. The number of aliphatic hydroxyl groups is 1. The molecule has 1 heterocycles. The van der Waals surface area contributed by atoms with Crippen LogP contribution in [0, 0.1) is 16.3 Å². The lowest BCUT2D eigenvalue weighted by molar-refractivity contribution is -0.682. The van der Waals surface area contributed by atoms with Gasteiger partial charge in [-0.15, -0.1) is 4.74 Å². The summed E-state index contributed by atoms with van der Waals surface area (Å²) >= 11 is 0. The molecule has 0 amide bonds. The highest BCUT2D eigenvalue weighted by molar-refractivity contribution is 5.79. The van der Waals surface area contributed by atoms with Crippen LogP contribution in [0.1, 0.15) is 24.5 Å². The van der Waals surface area contributed by atoms with Gasteiger partial charge in [-0.3, -0.25) is 0 Å². The molecule has 0 fully saturated rings. The number of amidine groups is 1. The van der Waals surface area contributed by atoms with Crippen molar-refractivity contribution < 1.29 is 14.9 Å². The lowest BCUT2D eigenvalue weighted by atomic mass is 10.1. The molecule has 1 aliphatic carbocycles. The lowest BCUT2D eigenvalue weighted by Crippen LogP contribution is -3.04. The fourth-order valence-electron chi connectivity index (χ4n) is 2.93. The molecule has 2 atom stereocenters. The number of hydroxylamine groups is 1. The summed E-state index contributed by atoms with van der Waals surface area (Å²) in [6, 6.07) is 3.67. The van der Waals surface area contributed by atoms with Gasteiger partial charge in [0.15, 0.2) is 0 Å². The van der Waals surface area contributed by atoms with Gasteiger partial charge in [0.25, 0.3) is 5.69 Å². The number of nitrogens with one attached hydrogen (secondary N) is 1. The van der Waals surface area contributed by atoms with E-state index in [4.69, 9.17) is 0 Å². The van der Waals surface area contributed by atoms with E-state index >= 15 is 0 Å². The van der Waals surface area contributed by atoms with Crippen LogP contribution in [-0.2, 0) is 12.8 Å². The molecule has 18 heavy (non-hydrogen) atoms. The molecule has 1 aliphatic heterocycles. The third-order valence-electron chi connectivity index (χ3n) is 3.90. The van der Waals surface area contributed by atoms with Gasteiger partial charge in [0.2, 0.25) is 5.69 Å².